The molecular weight excluding hydrogens is 1010 g/mol. The van der Waals surface area contributed by atoms with Crippen LogP contribution in [0.2, 0.25) is 0 Å². The lowest BCUT2D eigenvalue weighted by Gasteiger charge is -2.18. The number of hydrogen-bond donors (Lipinski definition) is 0. The van der Waals surface area contributed by atoms with Gasteiger partial charge in [-0.3, -0.25) is 14.4 Å². The molecule has 0 heterocycles. The second-order valence-corrected chi connectivity index (χ2v) is 21.6. The van der Waals surface area contributed by atoms with Crippen LogP contribution in [0.25, 0.3) is 0 Å². The number of esters is 3. The summed E-state index contributed by atoms with van der Waals surface area (Å²) in [4.78, 5) is 38.2. The Morgan fingerprint density at radius 3 is 0.756 bits per heavy atom. The summed E-state index contributed by atoms with van der Waals surface area (Å²) in [5.41, 5.74) is 0. The minimum absolute atomic E-state index is 0.0957. The van der Waals surface area contributed by atoms with E-state index < -0.39 is 6.10 Å². The van der Waals surface area contributed by atoms with Gasteiger partial charge in [-0.2, -0.15) is 0 Å². The van der Waals surface area contributed by atoms with Crippen molar-refractivity contribution in [3.63, 3.8) is 0 Å². The van der Waals surface area contributed by atoms with Gasteiger partial charge in [-0.05, 0) is 128 Å². The molecule has 0 bridgehead atoms. The highest BCUT2D eigenvalue weighted by Crippen LogP contribution is 2.15. The first-order valence-corrected chi connectivity index (χ1v) is 33.5. The van der Waals surface area contributed by atoms with Crippen LogP contribution in [0.5, 0.6) is 0 Å². The number of carbonyl (C=O) groups is 3. The molecule has 0 aliphatic rings. The van der Waals surface area contributed by atoms with Crippen LogP contribution in [0.4, 0.5) is 0 Å². The van der Waals surface area contributed by atoms with E-state index in [1.165, 1.54) is 96.3 Å². The molecule has 0 aromatic rings. The zero-order valence-corrected chi connectivity index (χ0v) is 52.9. The van der Waals surface area contributed by atoms with E-state index in [4.69, 9.17) is 14.2 Å². The molecule has 0 fully saturated rings. The third kappa shape index (κ3) is 65.8. The van der Waals surface area contributed by atoms with E-state index in [0.717, 1.165) is 148 Å². The Morgan fingerprint density at radius 1 is 0.256 bits per heavy atom. The van der Waals surface area contributed by atoms with Crippen LogP contribution >= 0.6 is 0 Å². The van der Waals surface area contributed by atoms with E-state index >= 15 is 0 Å². The summed E-state index contributed by atoms with van der Waals surface area (Å²) in [6.07, 6.45) is 99.9. The Kier molecular flexibility index (Phi) is 64.4. The molecule has 6 nitrogen and oxygen atoms in total. The quantitative estimate of drug-likeness (QED) is 0.0261. The summed E-state index contributed by atoms with van der Waals surface area (Å²) in [7, 11) is 0. The lowest BCUT2D eigenvalue weighted by atomic mass is 10.0. The van der Waals surface area contributed by atoms with E-state index in [-0.39, 0.29) is 37.5 Å². The topological polar surface area (TPSA) is 78.9 Å². The van der Waals surface area contributed by atoms with Crippen molar-refractivity contribution in [2.24, 2.45) is 0 Å². The smallest absolute Gasteiger partial charge is 0.306 e. The molecular formula is C76H122O6. The monoisotopic (exact) mass is 1130 g/mol. The van der Waals surface area contributed by atoms with Crippen molar-refractivity contribution in [3.8, 4) is 0 Å². The largest absolute Gasteiger partial charge is 0.462 e. The van der Waals surface area contributed by atoms with Crippen LogP contribution in [0.3, 0.4) is 0 Å². The van der Waals surface area contributed by atoms with Crippen LogP contribution < -0.4 is 0 Å². The molecule has 0 saturated heterocycles. The molecule has 0 N–H and O–H groups in total. The molecule has 0 amide bonds. The number of ether oxygens (including phenoxy) is 3. The Morgan fingerprint density at radius 2 is 0.476 bits per heavy atom. The minimum Gasteiger partial charge on any atom is -0.462 e. The molecule has 0 aromatic heterocycles. The number of carbonyl (C=O) groups excluding carboxylic acids is 3. The van der Waals surface area contributed by atoms with E-state index in [2.05, 4.69) is 179 Å². The third-order valence-electron chi connectivity index (χ3n) is 13.8. The van der Waals surface area contributed by atoms with Crippen molar-refractivity contribution in [1.29, 1.82) is 0 Å². The van der Waals surface area contributed by atoms with Crippen molar-refractivity contribution in [3.05, 3.63) is 158 Å². The number of rotatable bonds is 59. The normalized spacial score (nSPS) is 13.2. The predicted octanol–water partition coefficient (Wildman–Crippen LogP) is 23.3. The number of unbranched alkanes of at least 4 members (excludes halogenated alkanes) is 22. The van der Waals surface area contributed by atoms with Crippen molar-refractivity contribution in [2.45, 2.75) is 290 Å². The molecule has 0 radical (unpaired) electrons. The Bertz CT molecular complexity index is 1830. The summed E-state index contributed by atoms with van der Waals surface area (Å²) < 4.78 is 16.8. The second-order valence-electron chi connectivity index (χ2n) is 21.6. The van der Waals surface area contributed by atoms with Gasteiger partial charge in [0.1, 0.15) is 13.2 Å². The highest BCUT2D eigenvalue weighted by Gasteiger charge is 2.19. The summed E-state index contributed by atoms with van der Waals surface area (Å²) in [6, 6.07) is 0. The zero-order chi connectivity index (χ0) is 59.2. The first kappa shape index (κ1) is 77.0. The molecule has 0 rings (SSSR count). The van der Waals surface area contributed by atoms with E-state index in [0.29, 0.717) is 12.8 Å². The predicted molar refractivity (Wildman–Crippen MR) is 357 cm³/mol. The molecule has 6 heteroatoms. The molecule has 0 aromatic carbocycles. The Balaban J connectivity index is 4.24. The lowest BCUT2D eigenvalue weighted by molar-refractivity contribution is -0.167. The molecule has 0 aliphatic carbocycles. The number of hydrogen-bond acceptors (Lipinski definition) is 6. The van der Waals surface area contributed by atoms with Gasteiger partial charge in [0.2, 0.25) is 0 Å². The van der Waals surface area contributed by atoms with Gasteiger partial charge in [0, 0.05) is 19.3 Å². The lowest BCUT2D eigenvalue weighted by Crippen LogP contribution is -2.30. The summed E-state index contributed by atoms with van der Waals surface area (Å²) >= 11 is 0. The van der Waals surface area contributed by atoms with E-state index in [9.17, 15) is 14.4 Å². The highest BCUT2D eigenvalue weighted by molar-refractivity contribution is 5.71. The van der Waals surface area contributed by atoms with Crippen molar-refractivity contribution >= 4 is 17.9 Å². The van der Waals surface area contributed by atoms with E-state index in [1.54, 1.807) is 0 Å². The fraction of sp³-hybridized carbons (Fsp3) is 0.618. The van der Waals surface area contributed by atoms with Gasteiger partial charge in [-0.15, -0.1) is 0 Å². The van der Waals surface area contributed by atoms with Crippen LogP contribution in [-0.2, 0) is 28.6 Å². The molecule has 1 atom stereocenters. The van der Waals surface area contributed by atoms with Gasteiger partial charge >= 0.3 is 17.9 Å². The number of allylic oxidation sites excluding steroid dienone is 26. The first-order chi connectivity index (χ1) is 40.5. The van der Waals surface area contributed by atoms with E-state index in [1.807, 2.05) is 0 Å². The van der Waals surface area contributed by atoms with Crippen molar-refractivity contribution in [1.82, 2.24) is 0 Å². The molecule has 0 spiro atoms. The maximum absolute atomic E-state index is 12.9. The molecule has 0 saturated carbocycles. The first-order valence-electron chi connectivity index (χ1n) is 33.5. The summed E-state index contributed by atoms with van der Waals surface area (Å²) in [5, 5.41) is 0. The fourth-order valence-electron chi connectivity index (χ4n) is 8.84. The summed E-state index contributed by atoms with van der Waals surface area (Å²) in [6.45, 7) is 6.35. The summed E-state index contributed by atoms with van der Waals surface area (Å²) in [5.74, 6) is -0.936. The average molecular weight is 1130 g/mol. The molecule has 462 valence electrons. The van der Waals surface area contributed by atoms with Gasteiger partial charge < -0.3 is 14.2 Å². The minimum atomic E-state index is -0.802. The van der Waals surface area contributed by atoms with Crippen molar-refractivity contribution in [2.75, 3.05) is 13.2 Å². The molecule has 1 unspecified atom stereocenters. The van der Waals surface area contributed by atoms with Crippen LogP contribution in [0.1, 0.15) is 284 Å². The van der Waals surface area contributed by atoms with Crippen molar-refractivity contribution < 1.29 is 28.6 Å². The third-order valence-corrected chi connectivity index (χ3v) is 13.8. The Labute approximate surface area is 505 Å². The standard InChI is InChI=1S/C76H122O6/c1-4-7-10-13-16-19-21-23-25-27-29-31-33-35-36-37-38-39-40-42-43-45-47-49-51-53-55-57-60-63-66-69-75(78)81-72-73(71-80-74(77)68-65-62-59-18-15-12-9-6-3)82-76(79)70-67-64-61-58-56-54-52-50-48-46-44-41-34-32-30-28-26-24-22-20-17-14-11-8-5-2/h7-8,10-11,16-17,19-20,23-26,29-32,35-36,38-39,41,44,48,50,54,56,73H,4-6,9,12-15,18,21-22,27-28,33-34,37,40,42-43,45-47,49,51-53,55,57-72H2,1-3H3/b10-7-,11-8-,19-16-,20-17-,25-23-,26-24-,31-29-,32-30-,36-35-,39-38-,44-41-,50-48-,56-54-. The van der Waals surface area contributed by atoms with Gasteiger partial charge in [0.05, 0.1) is 0 Å². The fourth-order valence-corrected chi connectivity index (χ4v) is 8.84. The maximum atomic E-state index is 12.9. The zero-order valence-electron chi connectivity index (χ0n) is 52.9. The maximum Gasteiger partial charge on any atom is 0.306 e. The Hall–Kier alpha value is -4.97. The van der Waals surface area contributed by atoms with Crippen LogP contribution in [-0.4, -0.2) is 37.2 Å². The molecule has 0 aliphatic heterocycles. The van der Waals surface area contributed by atoms with Gasteiger partial charge in [0.25, 0.3) is 0 Å². The highest BCUT2D eigenvalue weighted by atomic mass is 16.6. The van der Waals surface area contributed by atoms with Gasteiger partial charge in [-0.1, -0.05) is 294 Å². The molecule has 82 heavy (non-hydrogen) atoms. The SMILES string of the molecule is CC/C=C\C/C=C\C/C=C\C/C=C\C/C=C\C/C=C\C/C=C\CCCCCC(=O)OC(COC(=O)CCCCCCCCCC)COC(=O)CCCCCCCCCCCCCC/C=C\C/C=C\C/C=C\C/C=C\C/C=C\C/C=C\CC. The van der Waals surface area contributed by atoms with Crippen LogP contribution in [0.15, 0.2) is 158 Å². The second kappa shape index (κ2) is 68.5. The van der Waals surface area contributed by atoms with Crippen LogP contribution in [0, 0.1) is 0 Å². The van der Waals surface area contributed by atoms with Gasteiger partial charge in [0.15, 0.2) is 6.10 Å². The average Bonchev–Trinajstić information content (AvgIpc) is 3.48. The van der Waals surface area contributed by atoms with Gasteiger partial charge in [-0.25, -0.2) is 0 Å².